The standard InChI is InChI=1S/C19H25N/c1-2-3-4-6-9-17-12-14-18(15-13-17)16-20-19-10-7-5-8-11-19/h5,7-8,10-15,20H,2-4,6,9,16H2,1H3. The van der Waals surface area contributed by atoms with Gasteiger partial charge in [-0.2, -0.15) is 0 Å². The van der Waals surface area contributed by atoms with Crippen LogP contribution in [0.4, 0.5) is 5.69 Å². The van der Waals surface area contributed by atoms with E-state index in [-0.39, 0.29) is 0 Å². The summed E-state index contributed by atoms with van der Waals surface area (Å²) < 4.78 is 0. The van der Waals surface area contributed by atoms with Gasteiger partial charge in [0.05, 0.1) is 0 Å². The number of unbranched alkanes of at least 4 members (excludes halogenated alkanes) is 3. The highest BCUT2D eigenvalue weighted by Crippen LogP contribution is 2.12. The van der Waals surface area contributed by atoms with E-state index in [4.69, 9.17) is 0 Å². The second-order valence-electron chi connectivity index (χ2n) is 5.35. The fourth-order valence-corrected chi connectivity index (χ4v) is 2.34. The van der Waals surface area contributed by atoms with E-state index >= 15 is 0 Å². The van der Waals surface area contributed by atoms with Crippen molar-refractivity contribution in [3.8, 4) is 0 Å². The molecule has 2 aromatic carbocycles. The van der Waals surface area contributed by atoms with Crippen LogP contribution in [-0.2, 0) is 13.0 Å². The fourth-order valence-electron chi connectivity index (χ4n) is 2.34. The normalized spacial score (nSPS) is 10.4. The zero-order valence-corrected chi connectivity index (χ0v) is 12.4. The molecule has 0 radical (unpaired) electrons. The van der Waals surface area contributed by atoms with E-state index in [1.165, 1.54) is 48.9 Å². The van der Waals surface area contributed by atoms with E-state index in [9.17, 15) is 0 Å². The van der Waals surface area contributed by atoms with Gasteiger partial charge in [0.2, 0.25) is 0 Å². The summed E-state index contributed by atoms with van der Waals surface area (Å²) in [6, 6.07) is 19.4. The maximum absolute atomic E-state index is 3.44. The molecular formula is C19H25N. The third kappa shape index (κ3) is 5.08. The van der Waals surface area contributed by atoms with Gasteiger partial charge in [-0.25, -0.2) is 0 Å². The van der Waals surface area contributed by atoms with Crippen LogP contribution < -0.4 is 5.32 Å². The molecule has 0 bridgehead atoms. The van der Waals surface area contributed by atoms with Crippen molar-refractivity contribution in [3.05, 3.63) is 65.7 Å². The average Bonchev–Trinajstić information content (AvgIpc) is 2.52. The van der Waals surface area contributed by atoms with Crippen molar-refractivity contribution >= 4 is 5.69 Å². The lowest BCUT2D eigenvalue weighted by atomic mass is 10.0. The lowest BCUT2D eigenvalue weighted by molar-refractivity contribution is 0.667. The maximum Gasteiger partial charge on any atom is 0.0400 e. The van der Waals surface area contributed by atoms with Crippen LogP contribution in [0.15, 0.2) is 54.6 Å². The summed E-state index contributed by atoms with van der Waals surface area (Å²) in [7, 11) is 0. The number of nitrogens with one attached hydrogen (secondary N) is 1. The number of rotatable bonds is 8. The van der Waals surface area contributed by atoms with Crippen molar-refractivity contribution < 1.29 is 0 Å². The van der Waals surface area contributed by atoms with Crippen LogP contribution in [-0.4, -0.2) is 0 Å². The summed E-state index contributed by atoms with van der Waals surface area (Å²) in [5.74, 6) is 0. The van der Waals surface area contributed by atoms with E-state index in [0.29, 0.717) is 0 Å². The Kier molecular flexibility index (Phi) is 6.16. The topological polar surface area (TPSA) is 12.0 Å². The Hall–Kier alpha value is -1.76. The van der Waals surface area contributed by atoms with Gasteiger partial charge in [0.15, 0.2) is 0 Å². The first-order valence-corrected chi connectivity index (χ1v) is 7.75. The summed E-state index contributed by atoms with van der Waals surface area (Å²) in [6.45, 7) is 3.15. The van der Waals surface area contributed by atoms with Crippen molar-refractivity contribution in [1.29, 1.82) is 0 Å². The number of benzene rings is 2. The minimum Gasteiger partial charge on any atom is -0.381 e. The van der Waals surface area contributed by atoms with Crippen molar-refractivity contribution in [2.45, 2.75) is 45.6 Å². The van der Waals surface area contributed by atoms with E-state index < -0.39 is 0 Å². The number of hydrogen-bond donors (Lipinski definition) is 1. The Labute approximate surface area is 123 Å². The van der Waals surface area contributed by atoms with Gasteiger partial charge in [-0.3, -0.25) is 0 Å². The van der Waals surface area contributed by atoms with Crippen molar-refractivity contribution in [1.82, 2.24) is 0 Å². The predicted octanol–water partition coefficient (Wildman–Crippen LogP) is 5.42. The van der Waals surface area contributed by atoms with Crippen LogP contribution in [0.1, 0.15) is 43.7 Å². The monoisotopic (exact) mass is 267 g/mol. The lowest BCUT2D eigenvalue weighted by Crippen LogP contribution is -1.99. The Bertz CT molecular complexity index is 473. The van der Waals surface area contributed by atoms with Crippen LogP contribution in [0, 0.1) is 0 Å². The van der Waals surface area contributed by atoms with Gasteiger partial charge in [-0.15, -0.1) is 0 Å². The van der Waals surface area contributed by atoms with Crippen LogP contribution >= 0.6 is 0 Å². The van der Waals surface area contributed by atoms with Gasteiger partial charge in [0.25, 0.3) is 0 Å². The number of aryl methyl sites for hydroxylation is 1. The Morgan fingerprint density at radius 2 is 1.45 bits per heavy atom. The van der Waals surface area contributed by atoms with Crippen LogP contribution in [0.5, 0.6) is 0 Å². The molecule has 0 heterocycles. The largest absolute Gasteiger partial charge is 0.381 e. The molecule has 0 atom stereocenters. The molecule has 1 N–H and O–H groups in total. The second kappa shape index (κ2) is 8.42. The number of anilines is 1. The van der Waals surface area contributed by atoms with Gasteiger partial charge >= 0.3 is 0 Å². The van der Waals surface area contributed by atoms with Gasteiger partial charge in [-0.1, -0.05) is 68.7 Å². The van der Waals surface area contributed by atoms with Crippen molar-refractivity contribution in [3.63, 3.8) is 0 Å². The van der Waals surface area contributed by atoms with Crippen molar-refractivity contribution in [2.24, 2.45) is 0 Å². The molecule has 2 aromatic rings. The minimum absolute atomic E-state index is 0.889. The first-order valence-electron chi connectivity index (χ1n) is 7.75. The van der Waals surface area contributed by atoms with Crippen LogP contribution in [0.25, 0.3) is 0 Å². The van der Waals surface area contributed by atoms with E-state index in [1.807, 2.05) is 6.07 Å². The third-order valence-electron chi connectivity index (χ3n) is 3.61. The molecule has 0 fully saturated rings. The van der Waals surface area contributed by atoms with Crippen LogP contribution in [0.3, 0.4) is 0 Å². The van der Waals surface area contributed by atoms with Gasteiger partial charge in [-0.05, 0) is 36.1 Å². The minimum atomic E-state index is 0.889. The first kappa shape index (κ1) is 14.6. The number of para-hydroxylation sites is 1. The molecule has 20 heavy (non-hydrogen) atoms. The molecule has 0 aromatic heterocycles. The molecule has 0 aliphatic carbocycles. The van der Waals surface area contributed by atoms with Crippen molar-refractivity contribution in [2.75, 3.05) is 5.32 Å². The zero-order valence-electron chi connectivity index (χ0n) is 12.4. The molecule has 0 amide bonds. The maximum atomic E-state index is 3.44. The molecule has 0 spiro atoms. The molecular weight excluding hydrogens is 242 g/mol. The molecule has 0 aliphatic rings. The summed E-state index contributed by atoms with van der Waals surface area (Å²) in [6.07, 6.45) is 6.55. The molecule has 1 nitrogen and oxygen atoms in total. The zero-order chi connectivity index (χ0) is 14.0. The predicted molar refractivity (Wildman–Crippen MR) is 88.1 cm³/mol. The SMILES string of the molecule is CCCCCCc1ccc(CNc2ccccc2)cc1. The van der Waals surface area contributed by atoms with Crippen LogP contribution in [0.2, 0.25) is 0 Å². The fraction of sp³-hybridized carbons (Fsp3) is 0.368. The summed E-state index contributed by atoms with van der Waals surface area (Å²) >= 11 is 0. The Balaban J connectivity index is 1.76. The quantitative estimate of drug-likeness (QED) is 0.629. The summed E-state index contributed by atoms with van der Waals surface area (Å²) in [5.41, 5.74) is 3.98. The van der Waals surface area contributed by atoms with E-state index in [0.717, 1.165) is 6.54 Å². The highest BCUT2D eigenvalue weighted by Gasteiger charge is 1.96. The molecule has 0 saturated heterocycles. The van der Waals surface area contributed by atoms with Gasteiger partial charge in [0, 0.05) is 12.2 Å². The second-order valence-corrected chi connectivity index (χ2v) is 5.35. The number of hydrogen-bond acceptors (Lipinski definition) is 1. The Morgan fingerprint density at radius 3 is 2.15 bits per heavy atom. The Morgan fingerprint density at radius 1 is 0.750 bits per heavy atom. The lowest BCUT2D eigenvalue weighted by Gasteiger charge is -2.07. The van der Waals surface area contributed by atoms with Gasteiger partial charge < -0.3 is 5.32 Å². The third-order valence-corrected chi connectivity index (χ3v) is 3.61. The molecule has 1 heteroatoms. The highest BCUT2D eigenvalue weighted by atomic mass is 14.9. The first-order chi connectivity index (χ1) is 9.88. The summed E-state index contributed by atoms with van der Waals surface area (Å²) in [5, 5.41) is 3.44. The molecule has 0 aliphatic heterocycles. The van der Waals surface area contributed by atoms with E-state index in [1.54, 1.807) is 0 Å². The highest BCUT2D eigenvalue weighted by molar-refractivity contribution is 5.43. The molecule has 0 unspecified atom stereocenters. The smallest absolute Gasteiger partial charge is 0.0400 e. The summed E-state index contributed by atoms with van der Waals surface area (Å²) in [4.78, 5) is 0. The average molecular weight is 267 g/mol. The molecule has 0 saturated carbocycles. The van der Waals surface area contributed by atoms with E-state index in [2.05, 4.69) is 60.8 Å². The molecule has 2 rings (SSSR count). The van der Waals surface area contributed by atoms with Gasteiger partial charge in [0.1, 0.15) is 0 Å². The molecule has 106 valence electrons.